The predicted octanol–water partition coefficient (Wildman–Crippen LogP) is 2.96. The van der Waals surface area contributed by atoms with E-state index in [1.54, 1.807) is 19.1 Å². The summed E-state index contributed by atoms with van der Waals surface area (Å²) in [7, 11) is 0. The maximum atomic E-state index is 13.5. The summed E-state index contributed by atoms with van der Waals surface area (Å²) in [6.07, 6.45) is 3.18. The number of hydrogen-bond acceptors (Lipinski definition) is 3. The highest BCUT2D eigenvalue weighted by Crippen LogP contribution is 2.15. The SMILES string of the molecule is CCCN(CC(=O)Nc1ccc(C)c(F)c1)C1CCNCC1.Cl. The quantitative estimate of drug-likeness (QED) is 0.834. The number of nitrogens with zero attached hydrogens (tertiary/aromatic N) is 1. The van der Waals surface area contributed by atoms with E-state index in [2.05, 4.69) is 22.5 Å². The van der Waals surface area contributed by atoms with Gasteiger partial charge in [0.05, 0.1) is 6.54 Å². The van der Waals surface area contributed by atoms with Crippen LogP contribution in [0.1, 0.15) is 31.7 Å². The molecule has 4 nitrogen and oxygen atoms in total. The van der Waals surface area contributed by atoms with Crippen molar-refractivity contribution in [1.82, 2.24) is 10.2 Å². The number of rotatable bonds is 6. The van der Waals surface area contributed by atoms with Crippen molar-refractivity contribution >= 4 is 24.0 Å². The molecule has 0 aromatic heterocycles. The predicted molar refractivity (Wildman–Crippen MR) is 94.8 cm³/mol. The van der Waals surface area contributed by atoms with Crippen LogP contribution in [0.4, 0.5) is 10.1 Å². The summed E-state index contributed by atoms with van der Waals surface area (Å²) in [6, 6.07) is 5.26. The third kappa shape index (κ3) is 6.09. The van der Waals surface area contributed by atoms with Crippen molar-refractivity contribution in [2.45, 2.75) is 39.2 Å². The van der Waals surface area contributed by atoms with Crippen molar-refractivity contribution in [2.75, 3.05) is 31.5 Å². The van der Waals surface area contributed by atoms with E-state index in [9.17, 15) is 9.18 Å². The summed E-state index contributed by atoms with van der Waals surface area (Å²) in [5.74, 6) is -0.364. The lowest BCUT2D eigenvalue weighted by Gasteiger charge is -2.34. The van der Waals surface area contributed by atoms with Crippen LogP contribution in [0.3, 0.4) is 0 Å². The second-order valence-corrected chi connectivity index (χ2v) is 5.96. The minimum absolute atomic E-state index is 0. The molecule has 0 bridgehead atoms. The van der Waals surface area contributed by atoms with Crippen LogP contribution in [0.15, 0.2) is 18.2 Å². The molecule has 2 N–H and O–H groups in total. The van der Waals surface area contributed by atoms with Crippen LogP contribution in [0, 0.1) is 12.7 Å². The van der Waals surface area contributed by atoms with Gasteiger partial charge < -0.3 is 10.6 Å². The van der Waals surface area contributed by atoms with E-state index in [4.69, 9.17) is 0 Å². The first kappa shape index (κ1) is 19.9. The van der Waals surface area contributed by atoms with E-state index in [1.165, 1.54) is 6.07 Å². The Labute approximate surface area is 144 Å². The third-order valence-electron chi connectivity index (χ3n) is 4.14. The molecule has 1 heterocycles. The number of halogens is 2. The fraction of sp³-hybridized carbons (Fsp3) is 0.588. The first-order valence-corrected chi connectivity index (χ1v) is 8.11. The van der Waals surface area contributed by atoms with E-state index in [0.717, 1.165) is 38.9 Å². The minimum Gasteiger partial charge on any atom is -0.325 e. The van der Waals surface area contributed by atoms with Gasteiger partial charge in [0.1, 0.15) is 5.82 Å². The molecule has 1 aliphatic heterocycles. The third-order valence-corrected chi connectivity index (χ3v) is 4.14. The van der Waals surface area contributed by atoms with E-state index < -0.39 is 0 Å². The van der Waals surface area contributed by atoms with Gasteiger partial charge in [-0.3, -0.25) is 9.69 Å². The van der Waals surface area contributed by atoms with Gasteiger partial charge in [0.2, 0.25) is 5.91 Å². The molecule has 0 spiro atoms. The number of aryl methyl sites for hydroxylation is 1. The normalized spacial score (nSPS) is 15.3. The Balaban J connectivity index is 0.00000264. The molecule has 1 aliphatic rings. The Bertz CT molecular complexity index is 507. The summed E-state index contributed by atoms with van der Waals surface area (Å²) in [6.45, 7) is 7.14. The lowest BCUT2D eigenvalue weighted by Crippen LogP contribution is -2.46. The molecule has 6 heteroatoms. The van der Waals surface area contributed by atoms with Crippen molar-refractivity contribution in [3.05, 3.63) is 29.6 Å². The van der Waals surface area contributed by atoms with Crippen LogP contribution >= 0.6 is 12.4 Å². The number of nitrogens with one attached hydrogen (secondary N) is 2. The number of carbonyl (C=O) groups excluding carboxylic acids is 1. The molecule has 0 atom stereocenters. The van der Waals surface area contributed by atoms with Gasteiger partial charge in [-0.1, -0.05) is 13.0 Å². The van der Waals surface area contributed by atoms with Crippen molar-refractivity contribution in [2.24, 2.45) is 0 Å². The summed E-state index contributed by atoms with van der Waals surface area (Å²) in [5.41, 5.74) is 1.11. The van der Waals surface area contributed by atoms with Crippen LogP contribution in [0.2, 0.25) is 0 Å². The van der Waals surface area contributed by atoms with E-state index in [0.29, 0.717) is 23.8 Å². The first-order chi connectivity index (χ1) is 10.6. The Hall–Kier alpha value is -1.17. The Morgan fingerprint density at radius 1 is 1.39 bits per heavy atom. The zero-order chi connectivity index (χ0) is 15.9. The van der Waals surface area contributed by atoms with Gasteiger partial charge >= 0.3 is 0 Å². The monoisotopic (exact) mass is 343 g/mol. The van der Waals surface area contributed by atoms with Crippen LogP contribution in [0.25, 0.3) is 0 Å². The second-order valence-electron chi connectivity index (χ2n) is 5.96. The average Bonchev–Trinajstić information content (AvgIpc) is 2.51. The number of amides is 1. The van der Waals surface area contributed by atoms with Crippen LogP contribution in [-0.2, 0) is 4.79 Å². The first-order valence-electron chi connectivity index (χ1n) is 8.11. The largest absolute Gasteiger partial charge is 0.325 e. The van der Waals surface area contributed by atoms with Gasteiger partial charge in [0, 0.05) is 11.7 Å². The average molecular weight is 344 g/mol. The van der Waals surface area contributed by atoms with Crippen LogP contribution in [-0.4, -0.2) is 43.0 Å². The van der Waals surface area contributed by atoms with Gasteiger partial charge in [-0.05, 0) is 63.5 Å². The number of benzene rings is 1. The molecule has 1 amide bonds. The lowest BCUT2D eigenvalue weighted by molar-refractivity contribution is -0.118. The topological polar surface area (TPSA) is 44.4 Å². The maximum absolute atomic E-state index is 13.5. The molecular formula is C17H27ClFN3O. The number of piperidine rings is 1. The molecule has 1 aromatic carbocycles. The Morgan fingerprint density at radius 3 is 2.70 bits per heavy atom. The summed E-state index contributed by atoms with van der Waals surface area (Å²) in [4.78, 5) is 14.5. The van der Waals surface area contributed by atoms with Crippen LogP contribution in [0.5, 0.6) is 0 Å². The zero-order valence-corrected chi connectivity index (χ0v) is 14.7. The van der Waals surface area contributed by atoms with Crippen molar-refractivity contribution in [1.29, 1.82) is 0 Å². The highest BCUT2D eigenvalue weighted by Gasteiger charge is 2.22. The molecule has 0 radical (unpaired) electrons. The molecule has 1 fully saturated rings. The van der Waals surface area contributed by atoms with E-state index >= 15 is 0 Å². The van der Waals surface area contributed by atoms with Gasteiger partial charge in [0.25, 0.3) is 0 Å². The highest BCUT2D eigenvalue weighted by molar-refractivity contribution is 5.92. The standard InChI is InChI=1S/C17H26FN3O.ClH/c1-3-10-21(15-6-8-19-9-7-15)12-17(22)20-14-5-4-13(2)16(18)11-14;/h4-5,11,15,19H,3,6-10,12H2,1-2H3,(H,20,22);1H. The molecule has 0 unspecified atom stereocenters. The number of carbonyl (C=O) groups is 1. The Kier molecular flexibility index (Phi) is 8.52. The molecule has 0 aliphatic carbocycles. The number of hydrogen-bond donors (Lipinski definition) is 2. The van der Waals surface area contributed by atoms with E-state index in [1.807, 2.05) is 0 Å². The fourth-order valence-corrected chi connectivity index (χ4v) is 2.91. The summed E-state index contributed by atoms with van der Waals surface area (Å²) < 4.78 is 13.5. The molecule has 1 aromatic rings. The Morgan fingerprint density at radius 2 is 2.09 bits per heavy atom. The van der Waals surface area contributed by atoms with Crippen molar-refractivity contribution < 1.29 is 9.18 Å². The fourth-order valence-electron chi connectivity index (χ4n) is 2.91. The molecule has 0 saturated carbocycles. The highest BCUT2D eigenvalue weighted by atomic mass is 35.5. The molecule has 1 saturated heterocycles. The second kappa shape index (κ2) is 9.85. The van der Waals surface area contributed by atoms with Crippen molar-refractivity contribution in [3.8, 4) is 0 Å². The maximum Gasteiger partial charge on any atom is 0.238 e. The number of anilines is 1. The summed E-state index contributed by atoms with van der Waals surface area (Å²) in [5, 5.41) is 6.15. The molecule has 2 rings (SSSR count). The molecule has 23 heavy (non-hydrogen) atoms. The lowest BCUT2D eigenvalue weighted by atomic mass is 10.0. The van der Waals surface area contributed by atoms with Gasteiger partial charge in [-0.15, -0.1) is 12.4 Å². The smallest absolute Gasteiger partial charge is 0.238 e. The van der Waals surface area contributed by atoms with E-state index in [-0.39, 0.29) is 24.1 Å². The van der Waals surface area contributed by atoms with Gasteiger partial charge in [0.15, 0.2) is 0 Å². The summed E-state index contributed by atoms with van der Waals surface area (Å²) >= 11 is 0. The van der Waals surface area contributed by atoms with Gasteiger partial charge in [-0.2, -0.15) is 0 Å². The van der Waals surface area contributed by atoms with Crippen molar-refractivity contribution in [3.63, 3.8) is 0 Å². The minimum atomic E-state index is -0.290. The molecule has 130 valence electrons. The zero-order valence-electron chi connectivity index (χ0n) is 13.9. The molecular weight excluding hydrogens is 317 g/mol. The van der Waals surface area contributed by atoms with Gasteiger partial charge in [-0.25, -0.2) is 4.39 Å². The van der Waals surface area contributed by atoms with Crippen LogP contribution < -0.4 is 10.6 Å².